The molecule has 0 radical (unpaired) electrons. The molecular weight excluding hydrogens is 338 g/mol. The molecule has 0 bridgehead atoms. The second-order valence-electron chi connectivity index (χ2n) is 6.04. The molecule has 1 aromatic rings. The van der Waals surface area contributed by atoms with Gasteiger partial charge in [-0.2, -0.15) is 4.31 Å². The van der Waals surface area contributed by atoms with Gasteiger partial charge in [-0.3, -0.25) is 0 Å². The number of rotatable bonds is 2. The van der Waals surface area contributed by atoms with Gasteiger partial charge < -0.3 is 0 Å². The Morgan fingerprint density at radius 1 is 1.25 bits per heavy atom. The van der Waals surface area contributed by atoms with Gasteiger partial charge in [0.1, 0.15) is 0 Å². The van der Waals surface area contributed by atoms with Crippen LogP contribution in [0.2, 0.25) is 0 Å². The van der Waals surface area contributed by atoms with Crippen LogP contribution in [0.25, 0.3) is 0 Å². The lowest BCUT2D eigenvalue weighted by Gasteiger charge is -2.40. The Labute approximate surface area is 130 Å². The third-order valence-electron chi connectivity index (χ3n) is 4.28. The van der Waals surface area contributed by atoms with Crippen LogP contribution in [0.3, 0.4) is 0 Å². The van der Waals surface area contributed by atoms with Gasteiger partial charge in [-0.1, -0.05) is 35.8 Å². The highest BCUT2D eigenvalue weighted by atomic mass is 79.9. The maximum atomic E-state index is 13.0. The van der Waals surface area contributed by atoms with Crippen LogP contribution in [0.15, 0.2) is 27.6 Å². The average Bonchev–Trinajstić information content (AvgIpc) is 2.36. The summed E-state index contributed by atoms with van der Waals surface area (Å²) < 4.78 is 28.4. The summed E-state index contributed by atoms with van der Waals surface area (Å²) in [5.41, 5.74) is 0.797. The molecule has 3 unspecified atom stereocenters. The van der Waals surface area contributed by atoms with Crippen LogP contribution in [-0.2, 0) is 10.0 Å². The van der Waals surface area contributed by atoms with E-state index in [9.17, 15) is 8.42 Å². The second-order valence-corrected chi connectivity index (χ2v) is 8.82. The summed E-state index contributed by atoms with van der Waals surface area (Å²) in [6, 6.07) is 5.48. The lowest BCUT2D eigenvalue weighted by Crippen LogP contribution is -2.48. The van der Waals surface area contributed by atoms with Gasteiger partial charge in [0.25, 0.3) is 0 Å². The maximum Gasteiger partial charge on any atom is 0.243 e. The monoisotopic (exact) mass is 359 g/mol. The zero-order chi connectivity index (χ0) is 15.1. The van der Waals surface area contributed by atoms with Crippen LogP contribution < -0.4 is 0 Å². The molecule has 1 aliphatic rings. The zero-order valence-electron chi connectivity index (χ0n) is 12.4. The number of hydrogen-bond donors (Lipinski definition) is 0. The normalized spacial score (nSPS) is 28.6. The SMILES string of the molecule is Cc1ccc(Br)cc1S(=O)(=O)N1CC(C)CC(C)C1C. The topological polar surface area (TPSA) is 37.4 Å². The molecule has 1 saturated heterocycles. The van der Waals surface area contributed by atoms with Crippen molar-refractivity contribution in [3.8, 4) is 0 Å². The first-order valence-electron chi connectivity index (χ1n) is 7.01. The molecule has 0 spiro atoms. The predicted molar refractivity (Wildman–Crippen MR) is 85.2 cm³/mol. The molecule has 0 aliphatic carbocycles. The van der Waals surface area contributed by atoms with Crippen LogP contribution in [0.4, 0.5) is 0 Å². The Morgan fingerprint density at radius 3 is 2.55 bits per heavy atom. The second kappa shape index (κ2) is 5.78. The molecule has 20 heavy (non-hydrogen) atoms. The molecule has 5 heteroatoms. The van der Waals surface area contributed by atoms with Crippen molar-refractivity contribution < 1.29 is 8.42 Å². The quantitative estimate of drug-likeness (QED) is 0.804. The Hall–Kier alpha value is -0.390. The fraction of sp³-hybridized carbons (Fsp3) is 0.600. The van der Waals surface area contributed by atoms with Crippen LogP contribution >= 0.6 is 15.9 Å². The number of hydrogen-bond acceptors (Lipinski definition) is 2. The number of halogens is 1. The van der Waals surface area contributed by atoms with E-state index in [1.165, 1.54) is 0 Å². The van der Waals surface area contributed by atoms with E-state index in [1.54, 1.807) is 10.4 Å². The Kier molecular flexibility index (Phi) is 4.62. The fourth-order valence-corrected chi connectivity index (χ4v) is 5.57. The number of piperidine rings is 1. The van der Waals surface area contributed by atoms with Crippen molar-refractivity contribution in [2.24, 2.45) is 11.8 Å². The average molecular weight is 360 g/mol. The van der Waals surface area contributed by atoms with E-state index in [1.807, 2.05) is 26.0 Å². The lowest BCUT2D eigenvalue weighted by atomic mass is 9.88. The first kappa shape index (κ1) is 16.0. The zero-order valence-corrected chi connectivity index (χ0v) is 14.8. The molecule has 0 N–H and O–H groups in total. The summed E-state index contributed by atoms with van der Waals surface area (Å²) in [7, 11) is -3.43. The van der Waals surface area contributed by atoms with Crippen molar-refractivity contribution in [3.63, 3.8) is 0 Å². The van der Waals surface area contributed by atoms with Crippen molar-refractivity contribution in [2.45, 2.75) is 45.1 Å². The largest absolute Gasteiger partial charge is 0.243 e. The van der Waals surface area contributed by atoms with E-state index in [0.29, 0.717) is 23.3 Å². The molecule has 0 saturated carbocycles. The predicted octanol–water partition coefficient (Wildman–Crippen LogP) is 3.81. The van der Waals surface area contributed by atoms with Gasteiger partial charge in [-0.05, 0) is 49.8 Å². The fourth-order valence-electron chi connectivity index (χ4n) is 2.96. The maximum absolute atomic E-state index is 13.0. The van der Waals surface area contributed by atoms with E-state index in [4.69, 9.17) is 0 Å². The Morgan fingerprint density at radius 2 is 1.90 bits per heavy atom. The van der Waals surface area contributed by atoms with Gasteiger partial charge >= 0.3 is 0 Å². The molecule has 3 nitrogen and oxygen atoms in total. The summed E-state index contributed by atoms with van der Waals surface area (Å²) in [5.74, 6) is 0.796. The highest BCUT2D eigenvalue weighted by Gasteiger charge is 2.37. The molecule has 3 atom stereocenters. The van der Waals surface area contributed by atoms with Gasteiger partial charge in [0.05, 0.1) is 4.90 Å². The molecule has 1 heterocycles. The molecule has 1 aromatic carbocycles. The molecule has 1 aliphatic heterocycles. The van der Waals surface area contributed by atoms with E-state index in [2.05, 4.69) is 29.8 Å². The highest BCUT2D eigenvalue weighted by molar-refractivity contribution is 9.10. The third-order valence-corrected chi connectivity index (χ3v) is 6.87. The van der Waals surface area contributed by atoms with Gasteiger partial charge in [0.15, 0.2) is 0 Å². The third kappa shape index (κ3) is 2.95. The molecule has 0 aromatic heterocycles. The Bertz CT molecular complexity index is 600. The van der Waals surface area contributed by atoms with Crippen LogP contribution in [0, 0.1) is 18.8 Å². The van der Waals surface area contributed by atoms with Gasteiger partial charge in [-0.15, -0.1) is 0 Å². The summed E-state index contributed by atoms with van der Waals surface area (Å²) >= 11 is 3.37. The van der Waals surface area contributed by atoms with E-state index in [0.717, 1.165) is 16.5 Å². The standard InChI is InChI=1S/C15H22BrNO2S/c1-10-7-12(3)13(4)17(9-10)20(18,19)15-8-14(16)6-5-11(15)2/h5-6,8,10,12-13H,7,9H2,1-4H3. The van der Waals surface area contributed by atoms with Crippen LogP contribution in [0.5, 0.6) is 0 Å². The van der Waals surface area contributed by atoms with Crippen molar-refractivity contribution in [1.82, 2.24) is 4.31 Å². The minimum atomic E-state index is -3.43. The van der Waals surface area contributed by atoms with Gasteiger partial charge in [-0.25, -0.2) is 8.42 Å². The van der Waals surface area contributed by atoms with Crippen LogP contribution in [-0.4, -0.2) is 25.3 Å². The van der Waals surface area contributed by atoms with E-state index in [-0.39, 0.29) is 6.04 Å². The first-order chi connectivity index (χ1) is 9.23. The number of benzene rings is 1. The number of nitrogens with zero attached hydrogens (tertiary/aromatic N) is 1. The molecular formula is C15H22BrNO2S. The summed E-state index contributed by atoms with van der Waals surface area (Å²) in [6.45, 7) is 8.73. The van der Waals surface area contributed by atoms with Crippen molar-refractivity contribution in [3.05, 3.63) is 28.2 Å². The molecule has 2 rings (SSSR count). The van der Waals surface area contributed by atoms with Crippen molar-refractivity contribution in [1.29, 1.82) is 0 Å². The van der Waals surface area contributed by atoms with Gasteiger partial charge in [0, 0.05) is 17.1 Å². The van der Waals surface area contributed by atoms with Crippen molar-refractivity contribution in [2.75, 3.05) is 6.54 Å². The smallest absolute Gasteiger partial charge is 0.207 e. The van der Waals surface area contributed by atoms with E-state index >= 15 is 0 Å². The van der Waals surface area contributed by atoms with Gasteiger partial charge in [0.2, 0.25) is 10.0 Å². The Balaban J connectivity index is 2.46. The van der Waals surface area contributed by atoms with Crippen LogP contribution in [0.1, 0.15) is 32.8 Å². The molecule has 0 amide bonds. The number of sulfonamides is 1. The lowest BCUT2D eigenvalue weighted by molar-refractivity contribution is 0.157. The first-order valence-corrected chi connectivity index (χ1v) is 9.24. The molecule has 112 valence electrons. The van der Waals surface area contributed by atoms with Crippen molar-refractivity contribution >= 4 is 26.0 Å². The summed E-state index contributed by atoms with van der Waals surface area (Å²) in [4.78, 5) is 0.417. The highest BCUT2D eigenvalue weighted by Crippen LogP contribution is 2.33. The van der Waals surface area contributed by atoms with E-state index < -0.39 is 10.0 Å². The minimum absolute atomic E-state index is 0.0505. The summed E-state index contributed by atoms with van der Waals surface area (Å²) in [5, 5.41) is 0. The summed E-state index contributed by atoms with van der Waals surface area (Å²) in [6.07, 6.45) is 1.09. The minimum Gasteiger partial charge on any atom is -0.207 e. The molecule has 1 fully saturated rings. The number of aryl methyl sites for hydroxylation is 1.